The Balaban J connectivity index is 1.63. The van der Waals surface area contributed by atoms with E-state index >= 15 is 0 Å². The Kier molecular flexibility index (Phi) is 5.76. The molecule has 0 saturated heterocycles. The summed E-state index contributed by atoms with van der Waals surface area (Å²) in [5, 5.41) is 9.67. The van der Waals surface area contributed by atoms with Crippen LogP contribution in [0.1, 0.15) is 18.1 Å². The fraction of sp³-hybridized carbons (Fsp3) is 0.300. The molecule has 0 atom stereocenters. The summed E-state index contributed by atoms with van der Waals surface area (Å²) in [4.78, 5) is 0. The number of nitrogens with zero attached hydrogens (tertiary/aromatic N) is 3. The summed E-state index contributed by atoms with van der Waals surface area (Å²) >= 11 is 1.68. The molecule has 0 radical (unpaired) electrons. The van der Waals surface area contributed by atoms with Gasteiger partial charge in [-0.25, -0.2) is 0 Å². The topological polar surface area (TPSA) is 39.9 Å². The lowest BCUT2D eigenvalue weighted by atomic mass is 10.1. The Morgan fingerprint density at radius 3 is 2.36 bits per heavy atom. The number of benzene rings is 2. The quantitative estimate of drug-likeness (QED) is 0.454. The van der Waals surface area contributed by atoms with Crippen LogP contribution in [0.3, 0.4) is 0 Å². The second-order valence-corrected chi connectivity index (χ2v) is 6.90. The molecule has 0 unspecified atom stereocenters. The summed E-state index contributed by atoms with van der Waals surface area (Å²) in [6, 6.07) is 16.4. The van der Waals surface area contributed by atoms with E-state index in [1.165, 1.54) is 11.1 Å². The zero-order valence-electron chi connectivity index (χ0n) is 14.9. The Labute approximate surface area is 153 Å². The van der Waals surface area contributed by atoms with Crippen LogP contribution in [0.25, 0.3) is 11.4 Å². The van der Waals surface area contributed by atoms with Crippen LogP contribution in [-0.4, -0.2) is 27.1 Å². The van der Waals surface area contributed by atoms with Crippen LogP contribution >= 0.6 is 11.8 Å². The highest BCUT2D eigenvalue weighted by molar-refractivity contribution is 7.99. The van der Waals surface area contributed by atoms with Crippen molar-refractivity contribution in [1.82, 2.24) is 14.8 Å². The number of para-hydroxylation sites is 1. The van der Waals surface area contributed by atoms with Crippen molar-refractivity contribution in [1.29, 1.82) is 0 Å². The van der Waals surface area contributed by atoms with Crippen LogP contribution in [0, 0.1) is 13.8 Å². The molecule has 130 valence electrons. The van der Waals surface area contributed by atoms with E-state index in [-0.39, 0.29) is 0 Å². The summed E-state index contributed by atoms with van der Waals surface area (Å²) in [6.07, 6.45) is 0. The molecule has 0 aliphatic heterocycles. The van der Waals surface area contributed by atoms with Gasteiger partial charge in [0.2, 0.25) is 0 Å². The highest BCUT2D eigenvalue weighted by atomic mass is 32.2. The van der Waals surface area contributed by atoms with Crippen molar-refractivity contribution in [3.8, 4) is 17.1 Å². The minimum atomic E-state index is 0.646. The second kappa shape index (κ2) is 8.21. The van der Waals surface area contributed by atoms with Crippen LogP contribution in [-0.2, 0) is 6.54 Å². The third-order valence-electron chi connectivity index (χ3n) is 4.03. The van der Waals surface area contributed by atoms with Gasteiger partial charge in [0.05, 0.1) is 6.61 Å². The summed E-state index contributed by atoms with van der Waals surface area (Å²) in [6.45, 7) is 7.77. The van der Waals surface area contributed by atoms with E-state index < -0.39 is 0 Å². The lowest BCUT2D eigenvalue weighted by Gasteiger charge is -2.12. The van der Waals surface area contributed by atoms with Gasteiger partial charge < -0.3 is 9.30 Å². The number of aryl methyl sites for hydroxylation is 2. The van der Waals surface area contributed by atoms with Gasteiger partial charge in [-0.3, -0.25) is 0 Å². The molecule has 5 heteroatoms. The van der Waals surface area contributed by atoms with Crippen molar-refractivity contribution >= 4 is 11.8 Å². The molecule has 0 aliphatic rings. The molecule has 3 aromatic rings. The van der Waals surface area contributed by atoms with Crippen molar-refractivity contribution in [2.75, 3.05) is 12.4 Å². The molecule has 0 spiro atoms. The number of ether oxygens (including phenoxy) is 1. The summed E-state index contributed by atoms with van der Waals surface area (Å²) < 4.78 is 8.13. The number of thioether (sulfide) groups is 1. The van der Waals surface area contributed by atoms with Crippen LogP contribution in [0.2, 0.25) is 0 Å². The van der Waals surface area contributed by atoms with Gasteiger partial charge in [0, 0.05) is 17.9 Å². The zero-order valence-corrected chi connectivity index (χ0v) is 15.7. The summed E-state index contributed by atoms with van der Waals surface area (Å²) in [5.41, 5.74) is 3.44. The van der Waals surface area contributed by atoms with Gasteiger partial charge in [-0.05, 0) is 31.9 Å². The molecule has 0 bridgehead atoms. The first-order valence-corrected chi connectivity index (χ1v) is 9.49. The first-order chi connectivity index (χ1) is 12.2. The van der Waals surface area contributed by atoms with Crippen molar-refractivity contribution in [2.24, 2.45) is 0 Å². The average Bonchev–Trinajstić information content (AvgIpc) is 3.04. The molecule has 0 saturated carbocycles. The van der Waals surface area contributed by atoms with E-state index in [0.717, 1.165) is 34.6 Å². The molecule has 0 aliphatic carbocycles. The fourth-order valence-corrected chi connectivity index (χ4v) is 3.60. The monoisotopic (exact) mass is 353 g/mol. The van der Waals surface area contributed by atoms with Gasteiger partial charge >= 0.3 is 0 Å². The van der Waals surface area contributed by atoms with Gasteiger partial charge in [0.15, 0.2) is 11.0 Å². The minimum Gasteiger partial charge on any atom is -0.492 e. The SMILES string of the molecule is CCn1c(SCCOc2c(C)cccc2C)nnc1-c1ccccc1. The van der Waals surface area contributed by atoms with E-state index in [1.54, 1.807) is 11.8 Å². The van der Waals surface area contributed by atoms with E-state index in [1.807, 2.05) is 18.2 Å². The Bertz CT molecular complexity index is 810. The number of hydrogen-bond acceptors (Lipinski definition) is 4. The van der Waals surface area contributed by atoms with E-state index in [2.05, 4.69) is 65.9 Å². The molecule has 0 amide bonds. The largest absolute Gasteiger partial charge is 0.492 e. The Hall–Kier alpha value is -2.27. The van der Waals surface area contributed by atoms with Crippen LogP contribution < -0.4 is 4.74 Å². The van der Waals surface area contributed by atoms with Crippen LogP contribution in [0.4, 0.5) is 0 Å². The molecule has 3 rings (SSSR count). The van der Waals surface area contributed by atoms with Crippen molar-refractivity contribution in [2.45, 2.75) is 32.5 Å². The van der Waals surface area contributed by atoms with Gasteiger partial charge in [0.25, 0.3) is 0 Å². The normalized spacial score (nSPS) is 10.8. The van der Waals surface area contributed by atoms with E-state index in [4.69, 9.17) is 4.74 Å². The lowest BCUT2D eigenvalue weighted by molar-refractivity contribution is 0.339. The Morgan fingerprint density at radius 1 is 0.960 bits per heavy atom. The maximum Gasteiger partial charge on any atom is 0.191 e. The van der Waals surface area contributed by atoms with Gasteiger partial charge in [0.1, 0.15) is 5.75 Å². The standard InChI is InChI=1S/C20H23N3OS/c1-4-23-19(17-11-6-5-7-12-17)21-22-20(23)25-14-13-24-18-15(2)9-8-10-16(18)3/h5-12H,4,13-14H2,1-3H3. The highest BCUT2D eigenvalue weighted by Crippen LogP contribution is 2.25. The average molecular weight is 353 g/mol. The molecule has 0 N–H and O–H groups in total. The molecule has 25 heavy (non-hydrogen) atoms. The van der Waals surface area contributed by atoms with Crippen LogP contribution in [0.15, 0.2) is 53.7 Å². The second-order valence-electron chi connectivity index (χ2n) is 5.83. The first-order valence-electron chi connectivity index (χ1n) is 8.51. The molecule has 1 heterocycles. The highest BCUT2D eigenvalue weighted by Gasteiger charge is 2.13. The molecule has 0 fully saturated rings. The van der Waals surface area contributed by atoms with Crippen LogP contribution in [0.5, 0.6) is 5.75 Å². The third-order valence-corrected chi connectivity index (χ3v) is 4.97. The number of rotatable bonds is 7. The van der Waals surface area contributed by atoms with E-state index in [0.29, 0.717) is 6.61 Å². The van der Waals surface area contributed by atoms with Crippen molar-refractivity contribution in [3.63, 3.8) is 0 Å². The van der Waals surface area contributed by atoms with Gasteiger partial charge in [-0.2, -0.15) is 0 Å². The predicted molar refractivity (Wildman–Crippen MR) is 103 cm³/mol. The summed E-state index contributed by atoms with van der Waals surface area (Å²) in [7, 11) is 0. The van der Waals surface area contributed by atoms with Gasteiger partial charge in [-0.1, -0.05) is 60.3 Å². The third kappa shape index (κ3) is 4.04. The minimum absolute atomic E-state index is 0.646. The lowest BCUT2D eigenvalue weighted by Crippen LogP contribution is -2.05. The summed E-state index contributed by atoms with van der Waals surface area (Å²) in [5.74, 6) is 2.74. The number of aromatic nitrogens is 3. The Morgan fingerprint density at radius 2 is 1.68 bits per heavy atom. The number of hydrogen-bond donors (Lipinski definition) is 0. The first kappa shape index (κ1) is 17.5. The van der Waals surface area contributed by atoms with Gasteiger partial charge in [-0.15, -0.1) is 10.2 Å². The van der Waals surface area contributed by atoms with E-state index in [9.17, 15) is 0 Å². The molecular weight excluding hydrogens is 330 g/mol. The fourth-order valence-electron chi connectivity index (χ4n) is 2.78. The molecule has 2 aromatic carbocycles. The smallest absolute Gasteiger partial charge is 0.191 e. The molecule has 4 nitrogen and oxygen atoms in total. The maximum absolute atomic E-state index is 5.98. The van der Waals surface area contributed by atoms with Crippen molar-refractivity contribution < 1.29 is 4.74 Å². The zero-order chi connectivity index (χ0) is 17.6. The van der Waals surface area contributed by atoms with Crippen molar-refractivity contribution in [3.05, 3.63) is 59.7 Å². The molecular formula is C20H23N3OS. The maximum atomic E-state index is 5.98. The molecule has 1 aromatic heterocycles. The predicted octanol–water partition coefficient (Wildman–Crippen LogP) is 4.75.